The molecule has 2 aliphatic heterocycles. The maximum Gasteiger partial charge on any atom is 0.303 e. The van der Waals surface area contributed by atoms with E-state index >= 15 is 4.39 Å². The van der Waals surface area contributed by atoms with E-state index < -0.39 is 109 Å². The van der Waals surface area contributed by atoms with E-state index in [4.69, 9.17) is 37.9 Å². The van der Waals surface area contributed by atoms with Crippen molar-refractivity contribution in [2.45, 2.75) is 102 Å². The average Bonchev–Trinajstić information content (AvgIpc) is 2.83. The van der Waals surface area contributed by atoms with Crippen molar-refractivity contribution in [3.8, 4) is 0 Å². The molecule has 0 saturated carbocycles. The zero-order valence-electron chi connectivity index (χ0n) is 23.2. The Hall–Kier alpha value is -2.89. The minimum Gasteiger partial charge on any atom is -0.463 e. The van der Waals surface area contributed by atoms with Crippen molar-refractivity contribution in [3.05, 3.63) is 0 Å². The van der Waals surface area contributed by atoms with E-state index in [1.165, 1.54) is 0 Å². The summed E-state index contributed by atoms with van der Waals surface area (Å²) in [5.74, 6) is -4.60. The highest BCUT2D eigenvalue weighted by molar-refractivity contribution is 9.09. The molecule has 0 aliphatic carbocycles. The summed E-state index contributed by atoms with van der Waals surface area (Å²) in [5, 5.41) is 1.20. The summed E-state index contributed by atoms with van der Waals surface area (Å²) in [6, 6.07) is -1.40. The first kappa shape index (κ1) is 34.3. The predicted octanol–water partition coefficient (Wildman–Crippen LogP) is -0.0196. The Morgan fingerprint density at radius 2 is 1.15 bits per heavy atom. The van der Waals surface area contributed by atoms with Gasteiger partial charge in [0.2, 0.25) is 5.91 Å². The van der Waals surface area contributed by atoms with Gasteiger partial charge in [-0.3, -0.25) is 28.8 Å². The maximum absolute atomic E-state index is 15.3. The number of hydrogen-bond acceptors (Lipinski definition) is 14. The highest BCUT2D eigenvalue weighted by Gasteiger charge is 2.55. The first-order chi connectivity index (χ1) is 19.1. The molecular weight excluding hydrogens is 625 g/mol. The van der Waals surface area contributed by atoms with Crippen molar-refractivity contribution in [3.63, 3.8) is 0 Å². The van der Waals surface area contributed by atoms with Gasteiger partial charge in [-0.2, -0.15) is 0 Å². The number of alkyl halides is 2. The van der Waals surface area contributed by atoms with Crippen LogP contribution in [0.15, 0.2) is 0 Å². The molecule has 1 N–H and O–H groups in total. The molecule has 0 aromatic rings. The van der Waals surface area contributed by atoms with Gasteiger partial charge >= 0.3 is 29.8 Å². The second kappa shape index (κ2) is 15.4. The van der Waals surface area contributed by atoms with E-state index in [1.54, 1.807) is 0 Å². The number of rotatable bonds is 10. The van der Waals surface area contributed by atoms with Crippen LogP contribution in [0.5, 0.6) is 0 Å². The Balaban J connectivity index is 2.58. The number of hydrogen-bond donors (Lipinski definition) is 1. The predicted molar refractivity (Wildman–Crippen MR) is 134 cm³/mol. The van der Waals surface area contributed by atoms with E-state index in [9.17, 15) is 28.8 Å². The number of carbonyl (C=O) groups is 6. The van der Waals surface area contributed by atoms with Crippen LogP contribution < -0.4 is 5.32 Å². The van der Waals surface area contributed by atoms with E-state index in [2.05, 4.69) is 21.2 Å². The number of nitrogens with one attached hydrogen (secondary N) is 1. The summed E-state index contributed by atoms with van der Waals surface area (Å²) in [4.78, 5) is 71.1. The van der Waals surface area contributed by atoms with Gasteiger partial charge < -0.3 is 43.2 Å². The van der Waals surface area contributed by atoms with Crippen LogP contribution in [0.25, 0.3) is 0 Å². The highest BCUT2D eigenvalue weighted by Crippen LogP contribution is 2.35. The lowest BCUT2D eigenvalue weighted by atomic mass is 9.95. The summed E-state index contributed by atoms with van der Waals surface area (Å²) >= 11 is 3.01. The molecule has 2 saturated heterocycles. The molecule has 10 atom stereocenters. The van der Waals surface area contributed by atoms with Gasteiger partial charge in [-0.25, -0.2) is 4.39 Å². The molecule has 0 radical (unpaired) electrons. The molecule has 0 aromatic heterocycles. The average molecular weight is 658 g/mol. The Bertz CT molecular complexity index is 997. The lowest BCUT2D eigenvalue weighted by molar-refractivity contribution is -0.317. The number of esters is 5. The summed E-state index contributed by atoms with van der Waals surface area (Å²) < 4.78 is 58.9. The third kappa shape index (κ3) is 10.2. The second-order valence-corrected chi connectivity index (χ2v) is 10.1. The molecule has 0 spiro atoms. The molecule has 17 heteroatoms. The molecule has 41 heavy (non-hydrogen) atoms. The van der Waals surface area contributed by atoms with Gasteiger partial charge in [0.15, 0.2) is 30.8 Å². The molecule has 0 aromatic carbocycles. The Labute approximate surface area is 243 Å². The SMILES string of the molecule is CC(=O)N[C@H]1[C@H](O[C@H]2[C@H](OC(C)=O)[C@@H](F)[C@@H](Br)O[C@@H]2COC(C)=O)O[C@H](COC(C)=O)[C@@H](OC(C)=O)[C@@H]1OC(C)=O. The van der Waals surface area contributed by atoms with Gasteiger partial charge in [0.05, 0.1) is 0 Å². The molecular formula is C24H33BrFNO14. The van der Waals surface area contributed by atoms with Gasteiger partial charge in [0.25, 0.3) is 0 Å². The lowest BCUT2D eigenvalue weighted by Gasteiger charge is -2.48. The summed E-state index contributed by atoms with van der Waals surface area (Å²) in [6.07, 6.45) is -12.2. The van der Waals surface area contributed by atoms with E-state index in [0.717, 1.165) is 41.5 Å². The van der Waals surface area contributed by atoms with Gasteiger partial charge in [0.1, 0.15) is 42.6 Å². The van der Waals surface area contributed by atoms with Crippen molar-refractivity contribution in [1.29, 1.82) is 0 Å². The van der Waals surface area contributed by atoms with E-state index in [0.29, 0.717) is 0 Å². The van der Waals surface area contributed by atoms with Crippen LogP contribution in [0.3, 0.4) is 0 Å². The number of ether oxygens (including phenoxy) is 8. The third-order valence-electron chi connectivity index (χ3n) is 5.67. The van der Waals surface area contributed by atoms with Crippen LogP contribution >= 0.6 is 15.9 Å². The fourth-order valence-corrected chi connectivity index (χ4v) is 4.82. The maximum atomic E-state index is 15.3. The fourth-order valence-electron chi connectivity index (χ4n) is 4.25. The Morgan fingerprint density at radius 1 is 0.683 bits per heavy atom. The molecule has 0 unspecified atom stereocenters. The summed E-state index contributed by atoms with van der Waals surface area (Å²) in [7, 11) is 0. The van der Waals surface area contributed by atoms with E-state index in [-0.39, 0.29) is 0 Å². The molecule has 2 fully saturated rings. The van der Waals surface area contributed by atoms with Crippen molar-refractivity contribution in [2.75, 3.05) is 13.2 Å². The van der Waals surface area contributed by atoms with Crippen LogP contribution in [-0.4, -0.2) is 109 Å². The first-order valence-electron chi connectivity index (χ1n) is 12.4. The molecule has 2 rings (SSSR count). The molecule has 1 amide bonds. The van der Waals surface area contributed by atoms with Crippen molar-refractivity contribution in [2.24, 2.45) is 0 Å². The topological polar surface area (TPSA) is 188 Å². The smallest absolute Gasteiger partial charge is 0.303 e. The number of halogens is 2. The molecule has 232 valence electrons. The standard InChI is InChI=1S/C24H33BrFNO14/c1-9(28)27-18-22(38-14(6)33)20(36-12(4)31)16(8-35-11(3)30)40-24(18)41-19-15(7-34-10(2)29)39-23(25)17(26)21(19)37-13(5)32/h15-24H,7-8H2,1-6H3,(H,27,28)/t15-,16-,17-,18-,19-,20-,21-,22-,23+,24+/m1/s1. The minimum atomic E-state index is -1.99. The normalized spacial score (nSPS) is 33.1. The van der Waals surface area contributed by atoms with Crippen LogP contribution in [0.4, 0.5) is 4.39 Å². The zero-order valence-corrected chi connectivity index (χ0v) is 24.7. The number of amides is 1. The lowest BCUT2D eigenvalue weighted by Crippen LogP contribution is -2.68. The Kier molecular flexibility index (Phi) is 12.9. The van der Waals surface area contributed by atoms with Gasteiger partial charge in [-0.05, 0) is 0 Å². The first-order valence-corrected chi connectivity index (χ1v) is 13.3. The molecule has 0 bridgehead atoms. The van der Waals surface area contributed by atoms with Crippen LogP contribution in [-0.2, 0) is 66.7 Å². The monoisotopic (exact) mass is 657 g/mol. The largest absolute Gasteiger partial charge is 0.463 e. The third-order valence-corrected chi connectivity index (χ3v) is 6.40. The van der Waals surface area contributed by atoms with E-state index in [1.807, 2.05) is 0 Å². The quantitative estimate of drug-likeness (QED) is 0.187. The second-order valence-electron chi connectivity index (χ2n) is 9.17. The highest BCUT2D eigenvalue weighted by atomic mass is 79.9. The molecule has 2 aliphatic rings. The van der Waals surface area contributed by atoms with Crippen molar-refractivity contribution >= 4 is 51.7 Å². The van der Waals surface area contributed by atoms with Crippen LogP contribution in [0.2, 0.25) is 0 Å². The van der Waals surface area contributed by atoms with Crippen LogP contribution in [0.1, 0.15) is 41.5 Å². The van der Waals surface area contributed by atoms with Crippen LogP contribution in [0, 0.1) is 0 Å². The zero-order chi connectivity index (χ0) is 31.0. The minimum absolute atomic E-state index is 0.468. The fraction of sp³-hybridized carbons (Fsp3) is 0.750. The van der Waals surface area contributed by atoms with Gasteiger partial charge in [0, 0.05) is 41.5 Å². The van der Waals surface area contributed by atoms with Crippen molar-refractivity contribution in [1.82, 2.24) is 5.32 Å². The van der Waals surface area contributed by atoms with Crippen molar-refractivity contribution < 1.29 is 71.1 Å². The van der Waals surface area contributed by atoms with Gasteiger partial charge in [-0.15, -0.1) is 0 Å². The summed E-state index contributed by atoms with van der Waals surface area (Å²) in [6.45, 7) is 5.56. The van der Waals surface area contributed by atoms with Gasteiger partial charge in [-0.1, -0.05) is 15.9 Å². The summed E-state index contributed by atoms with van der Waals surface area (Å²) in [5.41, 5.74) is 0. The molecule has 2 heterocycles. The molecule has 15 nitrogen and oxygen atoms in total. The Morgan fingerprint density at radius 3 is 1.61 bits per heavy atom. The number of carbonyl (C=O) groups excluding carboxylic acids is 6.